The van der Waals surface area contributed by atoms with Crippen molar-refractivity contribution in [2.75, 3.05) is 19.7 Å². The maximum absolute atomic E-state index is 11.5. The Morgan fingerprint density at radius 3 is 2.92 bits per heavy atom. The van der Waals surface area contributed by atoms with Crippen LogP contribution < -0.4 is 5.32 Å². The second-order valence-electron chi connectivity index (χ2n) is 3.67. The lowest BCUT2D eigenvalue weighted by atomic mass is 9.83. The maximum atomic E-state index is 11.5. The monoisotopic (exact) mass is 172 g/mol. The van der Waals surface area contributed by atoms with Gasteiger partial charge in [-0.05, 0) is 26.7 Å². The summed E-state index contributed by atoms with van der Waals surface area (Å²) in [5.41, 5.74) is -0.228. The Hall–Kier alpha value is -0.570. The quantitative estimate of drug-likeness (QED) is 0.592. The van der Waals surface area contributed by atoms with Crippen LogP contribution in [0.25, 0.3) is 0 Å². The largest absolute Gasteiger partial charge is 0.465 e. The van der Waals surface area contributed by atoms with Crippen molar-refractivity contribution < 1.29 is 14.8 Å². The molecule has 0 aliphatic carbocycles. The Morgan fingerprint density at radius 2 is 2.42 bits per heavy atom. The van der Waals surface area contributed by atoms with Crippen LogP contribution >= 0.6 is 0 Å². The van der Waals surface area contributed by atoms with Gasteiger partial charge in [0.15, 0.2) is 0 Å². The van der Waals surface area contributed by atoms with Gasteiger partial charge < -0.3 is 10.1 Å². The van der Waals surface area contributed by atoms with Gasteiger partial charge in [-0.15, -0.1) is 0 Å². The minimum atomic E-state index is -0.228. The van der Waals surface area contributed by atoms with E-state index in [1.165, 1.54) is 0 Å². The minimum Gasteiger partial charge on any atom is -0.465 e. The number of carbonyl (C=O) groups is 1. The molecule has 0 radical (unpaired) electrons. The fourth-order valence-corrected chi connectivity index (χ4v) is 1.65. The zero-order valence-electron chi connectivity index (χ0n) is 7.93. The average molecular weight is 172 g/mol. The molecule has 0 aromatic rings. The first-order valence-electron chi connectivity index (χ1n) is 4.68. The molecule has 1 rings (SSSR count). The minimum absolute atomic E-state index is 0.0269. The third-order valence-corrected chi connectivity index (χ3v) is 2.50. The van der Waals surface area contributed by atoms with E-state index in [-0.39, 0.29) is 11.4 Å². The van der Waals surface area contributed by atoms with E-state index in [1.54, 1.807) is 0 Å². The smallest absolute Gasteiger partial charge is 0.317 e. The standard InChI is InChI=1S/C9H17NO2/c1-3-12-8(11)9(2)5-4-6-10-7-9/h10H,3-7H2,1-2H3/p+1. The van der Waals surface area contributed by atoms with Gasteiger partial charge in [-0.2, -0.15) is 0 Å². The van der Waals surface area contributed by atoms with Crippen LogP contribution in [0.1, 0.15) is 26.7 Å². The summed E-state index contributed by atoms with van der Waals surface area (Å²) in [6.07, 6.45) is 2.09. The highest BCUT2D eigenvalue weighted by molar-refractivity contribution is 5.76. The normalized spacial score (nSPS) is 29.8. The summed E-state index contributed by atoms with van der Waals surface area (Å²) in [5.74, 6) is -0.0269. The molecule has 0 spiro atoms. The van der Waals surface area contributed by atoms with E-state index in [0.29, 0.717) is 6.61 Å². The van der Waals surface area contributed by atoms with Crippen LogP contribution in [0.5, 0.6) is 0 Å². The predicted octanol–water partition coefficient (Wildman–Crippen LogP) is -0.0870. The third kappa shape index (κ3) is 1.97. The van der Waals surface area contributed by atoms with Gasteiger partial charge in [0.1, 0.15) is 5.41 Å². The van der Waals surface area contributed by atoms with Crippen LogP contribution in [-0.2, 0) is 9.53 Å². The molecule has 1 aliphatic rings. The van der Waals surface area contributed by atoms with E-state index in [0.717, 1.165) is 25.9 Å². The molecule has 0 aromatic heterocycles. The third-order valence-electron chi connectivity index (χ3n) is 2.50. The molecule has 1 unspecified atom stereocenters. The first kappa shape index (κ1) is 9.52. The van der Waals surface area contributed by atoms with Crippen molar-refractivity contribution in [3.63, 3.8) is 0 Å². The summed E-state index contributed by atoms with van der Waals surface area (Å²) in [5, 5.41) is 2.19. The van der Waals surface area contributed by atoms with Crippen molar-refractivity contribution >= 4 is 5.97 Å². The fourth-order valence-electron chi connectivity index (χ4n) is 1.65. The number of ether oxygens (including phenoxy) is 1. The second kappa shape index (κ2) is 3.90. The Kier molecular flexibility index (Phi) is 3.09. The molecule has 0 bridgehead atoms. The molecule has 2 N–H and O–H groups in total. The van der Waals surface area contributed by atoms with Gasteiger partial charge in [-0.1, -0.05) is 0 Å². The van der Waals surface area contributed by atoms with E-state index in [2.05, 4.69) is 5.32 Å². The molecule has 0 amide bonds. The molecule has 0 saturated carbocycles. The Bertz CT molecular complexity index is 162. The lowest BCUT2D eigenvalue weighted by molar-refractivity contribution is -0.673. The molecule has 3 heteroatoms. The summed E-state index contributed by atoms with van der Waals surface area (Å²) >= 11 is 0. The number of carbonyl (C=O) groups excluding carboxylic acids is 1. The molecule has 0 aromatic carbocycles. The fraction of sp³-hybridized carbons (Fsp3) is 0.889. The van der Waals surface area contributed by atoms with E-state index in [1.807, 2.05) is 13.8 Å². The highest BCUT2D eigenvalue weighted by Gasteiger charge is 2.38. The van der Waals surface area contributed by atoms with Crippen LogP contribution in [0, 0.1) is 5.41 Å². The number of nitrogens with two attached hydrogens (primary N) is 1. The van der Waals surface area contributed by atoms with Crippen LogP contribution in [0.3, 0.4) is 0 Å². The molecule has 1 atom stereocenters. The zero-order chi connectivity index (χ0) is 9.03. The molecule has 1 fully saturated rings. The molecule has 1 saturated heterocycles. The van der Waals surface area contributed by atoms with Crippen molar-refractivity contribution in [2.24, 2.45) is 5.41 Å². The van der Waals surface area contributed by atoms with E-state index in [9.17, 15) is 4.79 Å². The van der Waals surface area contributed by atoms with Gasteiger partial charge in [0.2, 0.25) is 0 Å². The summed E-state index contributed by atoms with van der Waals surface area (Å²) in [4.78, 5) is 11.5. The van der Waals surface area contributed by atoms with Crippen LogP contribution in [0.15, 0.2) is 0 Å². The molecule has 1 aliphatic heterocycles. The van der Waals surface area contributed by atoms with Crippen molar-refractivity contribution in [1.82, 2.24) is 0 Å². The van der Waals surface area contributed by atoms with Gasteiger partial charge in [0.25, 0.3) is 0 Å². The van der Waals surface area contributed by atoms with Crippen molar-refractivity contribution in [3.8, 4) is 0 Å². The zero-order valence-corrected chi connectivity index (χ0v) is 7.93. The second-order valence-corrected chi connectivity index (χ2v) is 3.67. The predicted molar refractivity (Wildman–Crippen MR) is 45.6 cm³/mol. The molecular formula is C9H18NO2+. The highest BCUT2D eigenvalue weighted by Crippen LogP contribution is 2.24. The van der Waals surface area contributed by atoms with E-state index in [4.69, 9.17) is 4.74 Å². The number of quaternary nitrogens is 1. The molecule has 1 heterocycles. The Labute approximate surface area is 73.5 Å². The number of piperidine rings is 1. The van der Waals surface area contributed by atoms with Crippen molar-refractivity contribution in [1.29, 1.82) is 0 Å². The lowest BCUT2D eigenvalue weighted by Crippen LogP contribution is -2.89. The Balaban J connectivity index is 2.50. The van der Waals surface area contributed by atoms with Gasteiger partial charge in [0.05, 0.1) is 19.7 Å². The molecule has 12 heavy (non-hydrogen) atoms. The number of esters is 1. The topological polar surface area (TPSA) is 42.9 Å². The van der Waals surface area contributed by atoms with Gasteiger partial charge >= 0.3 is 5.97 Å². The summed E-state index contributed by atoms with van der Waals surface area (Å²) in [6, 6.07) is 0. The Morgan fingerprint density at radius 1 is 1.67 bits per heavy atom. The van der Waals surface area contributed by atoms with Gasteiger partial charge in [-0.25, -0.2) is 0 Å². The first-order valence-corrected chi connectivity index (χ1v) is 4.68. The highest BCUT2D eigenvalue weighted by atomic mass is 16.5. The van der Waals surface area contributed by atoms with Crippen LogP contribution in [0.2, 0.25) is 0 Å². The van der Waals surface area contributed by atoms with Crippen LogP contribution in [0.4, 0.5) is 0 Å². The van der Waals surface area contributed by atoms with E-state index >= 15 is 0 Å². The maximum Gasteiger partial charge on any atom is 0.317 e. The molecule has 3 nitrogen and oxygen atoms in total. The summed E-state index contributed by atoms with van der Waals surface area (Å²) in [6.45, 7) is 6.38. The first-order chi connectivity index (χ1) is 5.69. The van der Waals surface area contributed by atoms with Gasteiger partial charge in [0, 0.05) is 0 Å². The summed E-state index contributed by atoms with van der Waals surface area (Å²) in [7, 11) is 0. The molecule has 70 valence electrons. The molecular weight excluding hydrogens is 154 g/mol. The van der Waals surface area contributed by atoms with Crippen molar-refractivity contribution in [2.45, 2.75) is 26.7 Å². The average Bonchev–Trinajstić information content (AvgIpc) is 2.06. The number of hydrogen-bond acceptors (Lipinski definition) is 2. The summed E-state index contributed by atoms with van der Waals surface area (Å²) < 4.78 is 5.03. The van der Waals surface area contributed by atoms with Crippen molar-refractivity contribution in [3.05, 3.63) is 0 Å². The SMILES string of the molecule is CCOC(=O)C1(C)CCC[NH2+]C1. The van der Waals surface area contributed by atoms with E-state index < -0.39 is 0 Å². The number of rotatable bonds is 2. The number of hydrogen-bond donors (Lipinski definition) is 1. The lowest BCUT2D eigenvalue weighted by Gasteiger charge is -2.28. The van der Waals surface area contributed by atoms with Crippen LogP contribution in [-0.4, -0.2) is 25.7 Å². The van der Waals surface area contributed by atoms with Gasteiger partial charge in [-0.3, -0.25) is 4.79 Å².